The largest absolute Gasteiger partial charge is 0.504 e. The summed E-state index contributed by atoms with van der Waals surface area (Å²) in [7, 11) is 1.50. The third kappa shape index (κ3) is 2.39. The van der Waals surface area contributed by atoms with Gasteiger partial charge in [0, 0.05) is 11.0 Å². The number of phenolic OH excluding ortho intramolecular Hbond substituents is 1. The lowest BCUT2D eigenvalue weighted by Gasteiger charge is -2.23. The Balaban J connectivity index is 2.56. The van der Waals surface area contributed by atoms with Gasteiger partial charge in [-0.25, -0.2) is 0 Å². The first-order valence-electron chi connectivity index (χ1n) is 6.53. The maximum atomic E-state index is 11.1. The summed E-state index contributed by atoms with van der Waals surface area (Å²) in [4.78, 5) is 11.1. The van der Waals surface area contributed by atoms with Gasteiger partial charge in [-0.1, -0.05) is 19.9 Å². The van der Waals surface area contributed by atoms with Gasteiger partial charge in [-0.2, -0.15) is 0 Å². The Morgan fingerprint density at radius 3 is 2.47 bits per heavy atom. The maximum absolute atomic E-state index is 11.1. The molecule has 0 spiro atoms. The van der Waals surface area contributed by atoms with Gasteiger partial charge in [0.2, 0.25) is 0 Å². The smallest absolute Gasteiger partial charge is 0.304 e. The van der Waals surface area contributed by atoms with E-state index in [-0.39, 0.29) is 18.1 Å². The zero-order chi connectivity index (χ0) is 14.2. The summed E-state index contributed by atoms with van der Waals surface area (Å²) < 4.78 is 5.15. The Labute approximate surface area is 113 Å². The van der Waals surface area contributed by atoms with Crippen molar-refractivity contribution >= 4 is 5.97 Å². The second-order valence-electron chi connectivity index (χ2n) is 5.59. The molecular weight excluding hydrogens is 244 g/mol. The standard InChI is InChI=1S/C15H20O4/c1-9(2)10-4-5-11(19-3)14(18)13(10)15(6-7-15)8-12(16)17/h4-5,9,18H,6-8H2,1-3H3,(H,16,17). The first-order chi connectivity index (χ1) is 8.91. The van der Waals surface area contributed by atoms with E-state index in [0.29, 0.717) is 5.75 Å². The molecule has 1 aromatic carbocycles. The van der Waals surface area contributed by atoms with Crippen LogP contribution in [0.15, 0.2) is 12.1 Å². The fourth-order valence-electron chi connectivity index (χ4n) is 2.75. The number of phenols is 1. The van der Waals surface area contributed by atoms with Crippen LogP contribution in [0, 0.1) is 0 Å². The molecule has 0 atom stereocenters. The number of hydrogen-bond acceptors (Lipinski definition) is 3. The topological polar surface area (TPSA) is 66.8 Å². The van der Waals surface area contributed by atoms with E-state index in [4.69, 9.17) is 9.84 Å². The van der Waals surface area contributed by atoms with Crippen molar-refractivity contribution in [1.29, 1.82) is 0 Å². The van der Waals surface area contributed by atoms with E-state index in [1.54, 1.807) is 6.07 Å². The van der Waals surface area contributed by atoms with Crippen molar-refractivity contribution in [2.45, 2.75) is 44.4 Å². The molecule has 0 bridgehead atoms. The molecular formula is C15H20O4. The number of benzene rings is 1. The third-order valence-electron chi connectivity index (χ3n) is 3.89. The number of carbonyl (C=O) groups is 1. The van der Waals surface area contributed by atoms with Gasteiger partial charge in [-0.05, 0) is 30.4 Å². The summed E-state index contributed by atoms with van der Waals surface area (Å²) in [6, 6.07) is 3.67. The normalized spacial score (nSPS) is 16.4. The Kier molecular flexibility index (Phi) is 3.43. The number of aliphatic carboxylic acids is 1. The summed E-state index contributed by atoms with van der Waals surface area (Å²) in [5, 5.41) is 19.5. The molecule has 1 saturated carbocycles. The highest BCUT2D eigenvalue weighted by Crippen LogP contribution is 2.57. The molecule has 0 aliphatic heterocycles. The molecule has 0 saturated heterocycles. The number of ether oxygens (including phenoxy) is 1. The van der Waals surface area contributed by atoms with Gasteiger partial charge in [0.25, 0.3) is 0 Å². The van der Waals surface area contributed by atoms with Crippen molar-refractivity contribution < 1.29 is 19.7 Å². The monoisotopic (exact) mass is 264 g/mol. The van der Waals surface area contributed by atoms with Crippen LogP contribution in [0.4, 0.5) is 0 Å². The molecule has 1 fully saturated rings. The zero-order valence-electron chi connectivity index (χ0n) is 11.6. The molecule has 104 valence electrons. The van der Waals surface area contributed by atoms with Gasteiger partial charge in [0.05, 0.1) is 13.5 Å². The van der Waals surface area contributed by atoms with E-state index in [0.717, 1.165) is 24.0 Å². The summed E-state index contributed by atoms with van der Waals surface area (Å²) in [6.45, 7) is 4.09. The lowest BCUT2D eigenvalue weighted by atomic mass is 9.83. The van der Waals surface area contributed by atoms with Crippen molar-refractivity contribution in [2.24, 2.45) is 0 Å². The minimum Gasteiger partial charge on any atom is -0.504 e. The zero-order valence-corrected chi connectivity index (χ0v) is 11.6. The highest BCUT2D eigenvalue weighted by molar-refractivity contribution is 5.71. The number of carboxylic acid groups (broad SMARTS) is 1. The third-order valence-corrected chi connectivity index (χ3v) is 3.89. The van der Waals surface area contributed by atoms with Crippen molar-refractivity contribution in [1.82, 2.24) is 0 Å². The molecule has 1 aromatic rings. The Hall–Kier alpha value is -1.71. The summed E-state index contributed by atoms with van der Waals surface area (Å²) in [5.41, 5.74) is 1.37. The summed E-state index contributed by atoms with van der Waals surface area (Å²) in [6.07, 6.45) is 1.67. The minimum atomic E-state index is -0.825. The Morgan fingerprint density at radius 1 is 1.42 bits per heavy atom. The second-order valence-corrected chi connectivity index (χ2v) is 5.59. The van der Waals surface area contributed by atoms with Gasteiger partial charge in [0.1, 0.15) is 0 Å². The molecule has 2 rings (SSSR count). The van der Waals surface area contributed by atoms with E-state index in [1.165, 1.54) is 7.11 Å². The van der Waals surface area contributed by atoms with Crippen molar-refractivity contribution in [3.8, 4) is 11.5 Å². The molecule has 0 aromatic heterocycles. The fraction of sp³-hybridized carbons (Fsp3) is 0.533. The van der Waals surface area contributed by atoms with Crippen molar-refractivity contribution in [3.05, 3.63) is 23.3 Å². The predicted octanol–water partition coefficient (Wildman–Crippen LogP) is 3.03. The number of rotatable bonds is 5. The van der Waals surface area contributed by atoms with E-state index in [1.807, 2.05) is 19.9 Å². The van der Waals surface area contributed by atoms with Crippen LogP contribution < -0.4 is 4.74 Å². The van der Waals surface area contributed by atoms with E-state index < -0.39 is 11.4 Å². The molecule has 4 heteroatoms. The van der Waals surface area contributed by atoms with Crippen LogP contribution in [0.3, 0.4) is 0 Å². The van der Waals surface area contributed by atoms with Crippen LogP contribution in [0.5, 0.6) is 11.5 Å². The Morgan fingerprint density at radius 2 is 2.05 bits per heavy atom. The average Bonchev–Trinajstić information content (AvgIpc) is 3.07. The second kappa shape index (κ2) is 4.76. The number of aromatic hydroxyl groups is 1. The van der Waals surface area contributed by atoms with Crippen LogP contribution in [0.2, 0.25) is 0 Å². The van der Waals surface area contributed by atoms with E-state index in [9.17, 15) is 9.90 Å². The molecule has 2 N–H and O–H groups in total. The number of hydrogen-bond donors (Lipinski definition) is 2. The van der Waals surface area contributed by atoms with Crippen LogP contribution >= 0.6 is 0 Å². The first kappa shape index (κ1) is 13.7. The van der Waals surface area contributed by atoms with E-state index >= 15 is 0 Å². The fourth-order valence-corrected chi connectivity index (χ4v) is 2.75. The molecule has 0 radical (unpaired) electrons. The quantitative estimate of drug-likeness (QED) is 0.857. The minimum absolute atomic E-state index is 0.0629. The lowest BCUT2D eigenvalue weighted by molar-refractivity contribution is -0.137. The summed E-state index contributed by atoms with van der Waals surface area (Å²) >= 11 is 0. The highest BCUT2D eigenvalue weighted by atomic mass is 16.5. The molecule has 1 aliphatic carbocycles. The number of carboxylic acids is 1. The SMILES string of the molecule is COc1ccc(C(C)C)c(C2(CC(=O)O)CC2)c1O. The number of methoxy groups -OCH3 is 1. The molecule has 19 heavy (non-hydrogen) atoms. The van der Waals surface area contributed by atoms with Crippen LogP contribution in [0.1, 0.15) is 50.2 Å². The lowest BCUT2D eigenvalue weighted by Crippen LogP contribution is -2.16. The van der Waals surface area contributed by atoms with E-state index in [2.05, 4.69) is 0 Å². The van der Waals surface area contributed by atoms with Crippen LogP contribution in [-0.4, -0.2) is 23.3 Å². The first-order valence-corrected chi connectivity index (χ1v) is 6.53. The van der Waals surface area contributed by atoms with Crippen LogP contribution in [0.25, 0.3) is 0 Å². The average molecular weight is 264 g/mol. The molecule has 0 unspecified atom stereocenters. The van der Waals surface area contributed by atoms with Crippen LogP contribution in [-0.2, 0) is 10.2 Å². The predicted molar refractivity (Wildman–Crippen MR) is 71.9 cm³/mol. The van der Waals surface area contributed by atoms with Gasteiger partial charge in [0.15, 0.2) is 11.5 Å². The van der Waals surface area contributed by atoms with Gasteiger partial charge in [-0.3, -0.25) is 4.79 Å². The Bertz CT molecular complexity index is 501. The highest BCUT2D eigenvalue weighted by Gasteiger charge is 2.49. The maximum Gasteiger partial charge on any atom is 0.304 e. The van der Waals surface area contributed by atoms with Crippen molar-refractivity contribution in [2.75, 3.05) is 7.11 Å². The van der Waals surface area contributed by atoms with Crippen molar-refractivity contribution in [3.63, 3.8) is 0 Å². The molecule has 0 heterocycles. The molecule has 0 amide bonds. The molecule has 4 nitrogen and oxygen atoms in total. The van der Waals surface area contributed by atoms with Gasteiger partial charge in [-0.15, -0.1) is 0 Å². The molecule has 1 aliphatic rings. The summed E-state index contributed by atoms with van der Waals surface area (Å²) in [5.74, 6) is -0.0731. The van der Waals surface area contributed by atoms with Gasteiger partial charge >= 0.3 is 5.97 Å². The van der Waals surface area contributed by atoms with Gasteiger partial charge < -0.3 is 14.9 Å².